The Labute approximate surface area is 278 Å². The summed E-state index contributed by atoms with van der Waals surface area (Å²) in [5.74, 6) is -0.485. The van der Waals surface area contributed by atoms with E-state index in [-0.39, 0.29) is 23.5 Å². The fourth-order valence-corrected chi connectivity index (χ4v) is 7.14. The summed E-state index contributed by atoms with van der Waals surface area (Å²) in [6.07, 6.45) is 4.44. The summed E-state index contributed by atoms with van der Waals surface area (Å²) in [5, 5.41) is 6.57. The molecule has 2 unspecified atom stereocenters. The first-order chi connectivity index (χ1) is 22.9. The number of hydrogen-bond donors (Lipinski definition) is 2. The second-order valence-electron chi connectivity index (χ2n) is 13.6. The van der Waals surface area contributed by atoms with Crippen molar-refractivity contribution >= 4 is 28.5 Å². The number of hydrogen-bond acceptors (Lipinski definition) is 7. The maximum atomic E-state index is 13.9. The van der Waals surface area contributed by atoms with Crippen molar-refractivity contribution < 1.29 is 14.0 Å². The number of carbonyl (C=O) groups is 2. The van der Waals surface area contributed by atoms with E-state index in [1.54, 1.807) is 6.07 Å². The molecule has 0 saturated carbocycles. The monoisotopic (exact) mass is 635 g/mol. The van der Waals surface area contributed by atoms with Crippen molar-refractivity contribution in [3.63, 3.8) is 0 Å². The molecule has 0 radical (unpaired) electrons. The Bertz CT molecular complexity index is 1600. The second-order valence-corrected chi connectivity index (χ2v) is 13.6. The average Bonchev–Trinajstić information content (AvgIpc) is 3.55. The molecule has 2 aliphatic rings. The van der Waals surface area contributed by atoms with E-state index in [0.717, 1.165) is 68.4 Å². The number of nitrogens with one attached hydrogen (secondary N) is 2. The van der Waals surface area contributed by atoms with Gasteiger partial charge in [0.2, 0.25) is 11.7 Å². The van der Waals surface area contributed by atoms with Crippen molar-refractivity contribution in [2.45, 2.75) is 70.9 Å². The third kappa shape index (κ3) is 7.94. The standard InChI is InChI=1S/C39H49N5O3/c1-4-8-35(37(45)39-42-34-11-5-6-12-36(34)47-39)41-38(46)33(25-27(2)3)30-10-7-9-29(26-30)28-13-15-31(16-14-28)43-21-23-44(24-22-43)32-17-19-40-20-18-32/h5-7,9-16,26-27,32-33,35,40H,4,8,17-25H2,1-3H3,(H,41,46). The number of Topliss-reactive ketones (excluding diaryl/α,β-unsaturated/α-hetero) is 1. The van der Waals surface area contributed by atoms with E-state index < -0.39 is 6.04 Å². The van der Waals surface area contributed by atoms with E-state index in [1.165, 1.54) is 18.5 Å². The van der Waals surface area contributed by atoms with Gasteiger partial charge in [0.25, 0.3) is 5.89 Å². The molecule has 0 aliphatic carbocycles. The number of oxazole rings is 1. The number of piperidine rings is 1. The number of para-hydroxylation sites is 2. The molecule has 2 N–H and O–H groups in total. The predicted octanol–water partition coefficient (Wildman–Crippen LogP) is 6.67. The van der Waals surface area contributed by atoms with Crippen LogP contribution in [0.4, 0.5) is 5.69 Å². The van der Waals surface area contributed by atoms with Gasteiger partial charge in [0.15, 0.2) is 5.58 Å². The van der Waals surface area contributed by atoms with Gasteiger partial charge in [-0.15, -0.1) is 0 Å². The van der Waals surface area contributed by atoms with Crippen LogP contribution < -0.4 is 15.5 Å². The Morgan fingerprint density at radius 1 is 0.936 bits per heavy atom. The second kappa shape index (κ2) is 15.3. The number of aromatic nitrogens is 1. The summed E-state index contributed by atoms with van der Waals surface area (Å²) in [7, 11) is 0. The Morgan fingerprint density at radius 3 is 2.38 bits per heavy atom. The van der Waals surface area contributed by atoms with Crippen LogP contribution in [0.2, 0.25) is 0 Å². The number of rotatable bonds is 12. The third-order valence-electron chi connectivity index (χ3n) is 9.73. The van der Waals surface area contributed by atoms with Crippen molar-refractivity contribution in [1.82, 2.24) is 20.5 Å². The van der Waals surface area contributed by atoms with Crippen molar-refractivity contribution in [3.8, 4) is 11.1 Å². The molecule has 8 heteroatoms. The van der Waals surface area contributed by atoms with Crippen LogP contribution in [0.1, 0.15) is 75.0 Å². The molecule has 3 heterocycles. The van der Waals surface area contributed by atoms with Crippen molar-refractivity contribution in [2.75, 3.05) is 44.2 Å². The van der Waals surface area contributed by atoms with E-state index in [1.807, 2.05) is 37.3 Å². The van der Waals surface area contributed by atoms with E-state index >= 15 is 0 Å². The van der Waals surface area contributed by atoms with Crippen LogP contribution in [-0.4, -0.2) is 72.9 Å². The minimum absolute atomic E-state index is 0.0412. The molecule has 2 saturated heterocycles. The van der Waals surface area contributed by atoms with Gasteiger partial charge in [-0.1, -0.05) is 75.7 Å². The van der Waals surface area contributed by atoms with Crippen LogP contribution in [0.15, 0.2) is 77.2 Å². The Kier molecular flexibility index (Phi) is 10.7. The summed E-state index contributed by atoms with van der Waals surface area (Å²) in [6.45, 7) is 12.9. The van der Waals surface area contributed by atoms with E-state index in [2.05, 4.69) is 75.7 Å². The first kappa shape index (κ1) is 32.9. The molecule has 2 fully saturated rings. The first-order valence-corrected chi connectivity index (χ1v) is 17.5. The third-order valence-corrected chi connectivity index (χ3v) is 9.73. The van der Waals surface area contributed by atoms with Gasteiger partial charge in [0, 0.05) is 37.9 Å². The van der Waals surface area contributed by atoms with Gasteiger partial charge in [-0.05, 0) is 85.6 Å². The van der Waals surface area contributed by atoms with E-state index in [9.17, 15) is 9.59 Å². The maximum absolute atomic E-state index is 13.9. The molecule has 1 amide bonds. The molecule has 3 aromatic carbocycles. The molecule has 6 rings (SSSR count). The van der Waals surface area contributed by atoms with E-state index in [0.29, 0.717) is 29.9 Å². The van der Waals surface area contributed by atoms with E-state index in [4.69, 9.17) is 4.42 Å². The zero-order valence-electron chi connectivity index (χ0n) is 28.1. The van der Waals surface area contributed by atoms with Crippen LogP contribution >= 0.6 is 0 Å². The lowest BCUT2D eigenvalue weighted by Gasteiger charge is -2.41. The Morgan fingerprint density at radius 2 is 1.68 bits per heavy atom. The van der Waals surface area contributed by atoms with Gasteiger partial charge >= 0.3 is 0 Å². The van der Waals surface area contributed by atoms with Crippen LogP contribution in [-0.2, 0) is 4.79 Å². The largest absolute Gasteiger partial charge is 0.434 e. The zero-order chi connectivity index (χ0) is 32.8. The van der Waals surface area contributed by atoms with Gasteiger partial charge in [0.05, 0.1) is 12.0 Å². The van der Waals surface area contributed by atoms with Gasteiger partial charge < -0.3 is 20.0 Å². The van der Waals surface area contributed by atoms with Crippen molar-refractivity contribution in [2.24, 2.45) is 5.92 Å². The highest BCUT2D eigenvalue weighted by atomic mass is 16.4. The number of amides is 1. The Hall–Kier alpha value is -4.01. The molecular weight excluding hydrogens is 586 g/mol. The summed E-state index contributed by atoms with van der Waals surface area (Å²) in [5.41, 5.74) is 5.63. The number of anilines is 1. The first-order valence-electron chi connectivity index (χ1n) is 17.5. The van der Waals surface area contributed by atoms with Gasteiger partial charge in [0.1, 0.15) is 5.52 Å². The molecule has 1 aromatic heterocycles. The van der Waals surface area contributed by atoms with Crippen LogP contribution in [0.3, 0.4) is 0 Å². The van der Waals surface area contributed by atoms with Crippen LogP contribution in [0.25, 0.3) is 22.2 Å². The molecule has 248 valence electrons. The summed E-state index contributed by atoms with van der Waals surface area (Å²) >= 11 is 0. The quantitative estimate of drug-likeness (QED) is 0.168. The fraction of sp³-hybridized carbons (Fsp3) is 0.462. The number of nitrogens with zero attached hydrogens (tertiary/aromatic N) is 3. The molecule has 47 heavy (non-hydrogen) atoms. The summed E-state index contributed by atoms with van der Waals surface area (Å²) in [6, 6.07) is 24.5. The van der Waals surface area contributed by atoms with Crippen molar-refractivity contribution in [3.05, 3.63) is 84.3 Å². The molecule has 4 aromatic rings. The lowest BCUT2D eigenvalue weighted by Crippen LogP contribution is -2.52. The van der Waals surface area contributed by atoms with Gasteiger partial charge in [-0.25, -0.2) is 4.98 Å². The van der Waals surface area contributed by atoms with Crippen molar-refractivity contribution in [1.29, 1.82) is 0 Å². The average molecular weight is 636 g/mol. The molecule has 0 bridgehead atoms. The number of carbonyl (C=O) groups excluding carboxylic acids is 2. The highest BCUT2D eigenvalue weighted by Crippen LogP contribution is 2.31. The van der Waals surface area contributed by atoms with Crippen LogP contribution in [0, 0.1) is 5.92 Å². The lowest BCUT2D eigenvalue weighted by molar-refractivity contribution is -0.123. The number of piperazine rings is 1. The van der Waals surface area contributed by atoms with Gasteiger partial charge in [-0.2, -0.15) is 0 Å². The zero-order valence-corrected chi connectivity index (χ0v) is 28.1. The smallest absolute Gasteiger partial charge is 0.266 e. The number of ketones is 1. The molecule has 8 nitrogen and oxygen atoms in total. The molecule has 2 aliphatic heterocycles. The summed E-state index contributed by atoms with van der Waals surface area (Å²) < 4.78 is 5.77. The highest BCUT2D eigenvalue weighted by molar-refractivity contribution is 6.00. The van der Waals surface area contributed by atoms with Gasteiger partial charge in [-0.3, -0.25) is 14.5 Å². The number of fused-ring (bicyclic) bond motifs is 1. The lowest BCUT2D eigenvalue weighted by atomic mass is 9.87. The highest BCUT2D eigenvalue weighted by Gasteiger charge is 2.30. The fourth-order valence-electron chi connectivity index (χ4n) is 7.14. The minimum Gasteiger partial charge on any atom is -0.434 e. The molecular formula is C39H49N5O3. The SMILES string of the molecule is CCCC(NC(=O)C(CC(C)C)c1cccc(-c2ccc(N3CCN(C4CCNCC4)CC3)cc2)c1)C(=O)c1nc2ccccc2o1. The Balaban J connectivity index is 1.14. The minimum atomic E-state index is -0.701. The topological polar surface area (TPSA) is 90.7 Å². The number of benzene rings is 3. The maximum Gasteiger partial charge on any atom is 0.266 e. The molecule has 0 spiro atoms. The normalized spacial score (nSPS) is 17.6. The van der Waals surface area contributed by atoms with Crippen LogP contribution in [0.5, 0.6) is 0 Å². The predicted molar refractivity (Wildman–Crippen MR) is 189 cm³/mol. The summed E-state index contributed by atoms with van der Waals surface area (Å²) in [4.78, 5) is 37.0. The molecule has 2 atom stereocenters.